The first kappa shape index (κ1) is 9.19. The summed E-state index contributed by atoms with van der Waals surface area (Å²) in [4.78, 5) is 4.04. The van der Waals surface area contributed by atoms with E-state index in [1.165, 1.54) is 0 Å². The second-order valence-electron chi connectivity index (χ2n) is 2.88. The van der Waals surface area contributed by atoms with Gasteiger partial charge in [0.1, 0.15) is 0 Å². The first-order chi connectivity index (χ1) is 5.49. The van der Waals surface area contributed by atoms with Crippen LogP contribution in [0.15, 0.2) is 22.7 Å². The van der Waals surface area contributed by atoms with E-state index < -0.39 is 9.73 Å². The second-order valence-corrected chi connectivity index (χ2v) is 5.43. The van der Waals surface area contributed by atoms with Gasteiger partial charge in [-0.15, -0.1) is 0 Å². The van der Waals surface area contributed by atoms with Crippen LogP contribution in [0.25, 0.3) is 0 Å². The Bertz CT molecular complexity index is 384. The highest BCUT2D eigenvalue weighted by molar-refractivity contribution is 7.92. The Morgan fingerprint density at radius 1 is 1.50 bits per heavy atom. The zero-order valence-corrected chi connectivity index (χ0v) is 8.26. The molecular formula is C8H12N2OS. The average Bonchev–Trinajstić information content (AvgIpc) is 1.91. The van der Waals surface area contributed by atoms with Crippen LogP contribution in [-0.4, -0.2) is 21.7 Å². The molecule has 0 amide bonds. The van der Waals surface area contributed by atoms with E-state index in [0.29, 0.717) is 5.69 Å². The molecule has 0 aliphatic rings. The van der Waals surface area contributed by atoms with Crippen molar-refractivity contribution in [2.75, 3.05) is 12.5 Å². The van der Waals surface area contributed by atoms with E-state index in [1.54, 1.807) is 24.8 Å². The Labute approximate surface area is 73.0 Å². The average molecular weight is 184 g/mol. The van der Waals surface area contributed by atoms with Gasteiger partial charge in [0.25, 0.3) is 0 Å². The van der Waals surface area contributed by atoms with Gasteiger partial charge in [-0.05, 0) is 19.1 Å². The van der Waals surface area contributed by atoms with Gasteiger partial charge in [-0.3, -0.25) is 4.98 Å². The van der Waals surface area contributed by atoms with Gasteiger partial charge >= 0.3 is 0 Å². The van der Waals surface area contributed by atoms with Gasteiger partial charge in [-0.25, -0.2) is 4.21 Å². The number of hydrogen-bond donors (Lipinski definition) is 0. The fourth-order valence-corrected chi connectivity index (χ4v) is 1.48. The van der Waals surface area contributed by atoms with Crippen molar-refractivity contribution in [2.45, 2.75) is 6.92 Å². The molecule has 0 spiro atoms. The minimum absolute atomic E-state index is 0.715. The fourth-order valence-electron chi connectivity index (χ4n) is 0.809. The summed E-state index contributed by atoms with van der Waals surface area (Å²) >= 11 is 0. The SMILES string of the molecule is Cc1ncccc1N=S(C)(C)=O. The molecule has 0 N–H and O–H groups in total. The van der Waals surface area contributed by atoms with Gasteiger partial charge in [-0.2, -0.15) is 4.36 Å². The largest absolute Gasteiger partial charge is 0.259 e. The van der Waals surface area contributed by atoms with E-state index >= 15 is 0 Å². The zero-order valence-electron chi connectivity index (χ0n) is 7.44. The molecule has 1 rings (SSSR count). The molecule has 0 fully saturated rings. The number of aryl methyl sites for hydroxylation is 1. The van der Waals surface area contributed by atoms with Gasteiger partial charge in [0, 0.05) is 28.4 Å². The summed E-state index contributed by atoms with van der Waals surface area (Å²) < 4.78 is 15.4. The van der Waals surface area contributed by atoms with E-state index in [-0.39, 0.29) is 0 Å². The van der Waals surface area contributed by atoms with E-state index in [1.807, 2.05) is 13.0 Å². The van der Waals surface area contributed by atoms with Crippen LogP contribution in [0.4, 0.5) is 5.69 Å². The molecule has 1 aromatic rings. The number of rotatable bonds is 1. The number of aromatic nitrogens is 1. The molecule has 0 aliphatic carbocycles. The summed E-state index contributed by atoms with van der Waals surface area (Å²) in [5.41, 5.74) is 1.53. The topological polar surface area (TPSA) is 42.3 Å². The summed E-state index contributed by atoms with van der Waals surface area (Å²) in [6.07, 6.45) is 4.92. The van der Waals surface area contributed by atoms with Crippen LogP contribution in [0, 0.1) is 6.92 Å². The van der Waals surface area contributed by atoms with E-state index in [0.717, 1.165) is 5.69 Å². The Kier molecular flexibility index (Phi) is 2.47. The Hall–Kier alpha value is -0.900. The number of pyridine rings is 1. The normalized spacial score (nSPS) is 11.2. The highest BCUT2D eigenvalue weighted by Crippen LogP contribution is 2.15. The standard InChI is InChI=1S/C8H12N2OS/c1-7-8(5-4-6-9-7)10-12(2,3)11/h4-6H,1-3H3. The first-order valence-electron chi connectivity index (χ1n) is 3.58. The summed E-state index contributed by atoms with van der Waals surface area (Å²) in [6.45, 7) is 1.85. The van der Waals surface area contributed by atoms with Crippen molar-refractivity contribution in [3.05, 3.63) is 24.0 Å². The van der Waals surface area contributed by atoms with Crippen molar-refractivity contribution in [3.63, 3.8) is 0 Å². The van der Waals surface area contributed by atoms with E-state index in [4.69, 9.17) is 0 Å². The van der Waals surface area contributed by atoms with Crippen molar-refractivity contribution in [3.8, 4) is 0 Å². The molecule has 66 valence electrons. The van der Waals surface area contributed by atoms with Gasteiger partial charge in [0.05, 0.1) is 11.4 Å². The predicted octanol–water partition coefficient (Wildman–Crippen LogP) is 1.75. The van der Waals surface area contributed by atoms with Crippen LogP contribution < -0.4 is 0 Å². The van der Waals surface area contributed by atoms with Crippen LogP contribution in [0.1, 0.15) is 5.69 Å². The van der Waals surface area contributed by atoms with Crippen molar-refractivity contribution in [2.24, 2.45) is 4.36 Å². The maximum atomic E-state index is 11.3. The molecule has 0 aliphatic heterocycles. The lowest BCUT2D eigenvalue weighted by Crippen LogP contribution is -1.90. The minimum Gasteiger partial charge on any atom is -0.259 e. The van der Waals surface area contributed by atoms with Gasteiger partial charge in [-0.1, -0.05) is 0 Å². The molecule has 0 saturated carbocycles. The molecule has 0 unspecified atom stereocenters. The Morgan fingerprint density at radius 2 is 2.17 bits per heavy atom. The third kappa shape index (κ3) is 2.62. The van der Waals surface area contributed by atoms with Gasteiger partial charge in [0.2, 0.25) is 0 Å². The quantitative estimate of drug-likeness (QED) is 0.667. The first-order valence-corrected chi connectivity index (χ1v) is 5.91. The van der Waals surface area contributed by atoms with E-state index in [9.17, 15) is 4.21 Å². The van der Waals surface area contributed by atoms with Crippen molar-refractivity contribution in [1.82, 2.24) is 4.98 Å². The molecule has 0 bridgehead atoms. The lowest BCUT2D eigenvalue weighted by Gasteiger charge is -1.98. The Morgan fingerprint density at radius 3 is 2.67 bits per heavy atom. The lowest BCUT2D eigenvalue weighted by molar-refractivity contribution is 0.684. The lowest BCUT2D eigenvalue weighted by atomic mass is 10.3. The van der Waals surface area contributed by atoms with Gasteiger partial charge in [0.15, 0.2) is 0 Å². The van der Waals surface area contributed by atoms with Crippen LogP contribution in [-0.2, 0) is 9.73 Å². The van der Waals surface area contributed by atoms with Crippen LogP contribution in [0.2, 0.25) is 0 Å². The molecule has 3 nitrogen and oxygen atoms in total. The third-order valence-corrected chi connectivity index (χ3v) is 1.93. The van der Waals surface area contributed by atoms with Crippen molar-refractivity contribution < 1.29 is 4.21 Å². The van der Waals surface area contributed by atoms with Crippen LogP contribution in [0.3, 0.4) is 0 Å². The van der Waals surface area contributed by atoms with Crippen LogP contribution in [0.5, 0.6) is 0 Å². The fraction of sp³-hybridized carbons (Fsp3) is 0.375. The molecule has 1 heterocycles. The third-order valence-electron chi connectivity index (χ3n) is 1.30. The molecule has 4 heteroatoms. The minimum atomic E-state index is -2.06. The molecule has 1 aromatic heterocycles. The molecule has 12 heavy (non-hydrogen) atoms. The summed E-state index contributed by atoms with van der Waals surface area (Å²) in [5, 5.41) is 0. The highest BCUT2D eigenvalue weighted by Gasteiger charge is 1.97. The summed E-state index contributed by atoms with van der Waals surface area (Å²) in [5.74, 6) is 0. The maximum absolute atomic E-state index is 11.3. The summed E-state index contributed by atoms with van der Waals surface area (Å²) in [6, 6.07) is 3.60. The maximum Gasteiger partial charge on any atom is 0.0942 e. The predicted molar refractivity (Wildman–Crippen MR) is 51.1 cm³/mol. The number of hydrogen-bond acceptors (Lipinski definition) is 3. The van der Waals surface area contributed by atoms with Gasteiger partial charge < -0.3 is 0 Å². The summed E-state index contributed by atoms with van der Waals surface area (Å²) in [7, 11) is -2.06. The highest BCUT2D eigenvalue weighted by atomic mass is 32.2. The molecule has 0 aromatic carbocycles. The molecule has 0 saturated heterocycles. The Balaban J connectivity index is 3.23. The van der Waals surface area contributed by atoms with Crippen LogP contribution >= 0.6 is 0 Å². The molecular weight excluding hydrogens is 172 g/mol. The molecule has 0 atom stereocenters. The number of nitrogens with zero attached hydrogens (tertiary/aromatic N) is 2. The van der Waals surface area contributed by atoms with Crippen molar-refractivity contribution in [1.29, 1.82) is 0 Å². The second kappa shape index (κ2) is 3.23. The molecule has 0 radical (unpaired) electrons. The van der Waals surface area contributed by atoms with Crippen molar-refractivity contribution >= 4 is 15.4 Å². The zero-order chi connectivity index (χ0) is 9.19. The van der Waals surface area contributed by atoms with E-state index in [2.05, 4.69) is 9.35 Å². The smallest absolute Gasteiger partial charge is 0.0942 e. The monoisotopic (exact) mass is 184 g/mol.